The topological polar surface area (TPSA) is 59.6 Å². The molecule has 0 aliphatic rings. The third kappa shape index (κ3) is 6.57. The first-order valence-corrected chi connectivity index (χ1v) is 9.37. The van der Waals surface area contributed by atoms with Crippen molar-refractivity contribution in [2.75, 3.05) is 11.9 Å². The van der Waals surface area contributed by atoms with E-state index in [2.05, 4.69) is 24.5 Å². The van der Waals surface area contributed by atoms with Gasteiger partial charge >= 0.3 is 0 Å². The molecule has 0 saturated carbocycles. The fourth-order valence-electron chi connectivity index (χ4n) is 2.29. The molecule has 1 amide bonds. The highest BCUT2D eigenvalue weighted by atomic mass is 32.1. The highest BCUT2D eigenvalue weighted by Crippen LogP contribution is 2.25. The van der Waals surface area contributed by atoms with E-state index in [4.69, 9.17) is 21.7 Å². The molecule has 0 heterocycles. The Bertz CT molecular complexity index is 791. The van der Waals surface area contributed by atoms with E-state index >= 15 is 0 Å². The van der Waals surface area contributed by atoms with Gasteiger partial charge in [-0.1, -0.05) is 38.1 Å². The Hall–Kier alpha value is -2.60. The van der Waals surface area contributed by atoms with E-state index in [0.717, 1.165) is 0 Å². The SMILES string of the molecule is CC(C)COc1ccccc1C(=O)NC(=S)Nc1ccccc1OC(C)C. The molecule has 2 aromatic rings. The van der Waals surface area contributed by atoms with Gasteiger partial charge in [-0.2, -0.15) is 0 Å². The van der Waals surface area contributed by atoms with Gasteiger partial charge in [0.15, 0.2) is 5.11 Å². The van der Waals surface area contributed by atoms with Crippen molar-refractivity contribution in [3.63, 3.8) is 0 Å². The van der Waals surface area contributed by atoms with Crippen molar-refractivity contribution in [1.82, 2.24) is 5.32 Å². The lowest BCUT2D eigenvalue weighted by Gasteiger charge is -2.17. The second kappa shape index (κ2) is 9.92. The molecular formula is C21H26N2O3S. The summed E-state index contributed by atoms with van der Waals surface area (Å²) in [6, 6.07) is 14.6. The Balaban J connectivity index is 2.06. The quantitative estimate of drug-likeness (QED) is 0.679. The summed E-state index contributed by atoms with van der Waals surface area (Å²) in [6.07, 6.45) is 0.0288. The van der Waals surface area contributed by atoms with Gasteiger partial charge in [0.2, 0.25) is 0 Å². The maximum atomic E-state index is 12.6. The lowest BCUT2D eigenvalue weighted by atomic mass is 10.2. The molecule has 0 unspecified atom stereocenters. The van der Waals surface area contributed by atoms with Crippen molar-refractivity contribution in [3.05, 3.63) is 54.1 Å². The molecule has 2 aromatic carbocycles. The third-order valence-electron chi connectivity index (χ3n) is 3.43. The minimum absolute atomic E-state index is 0.0288. The molecule has 0 atom stereocenters. The number of hydrogen-bond acceptors (Lipinski definition) is 4. The predicted molar refractivity (Wildman–Crippen MR) is 113 cm³/mol. The molecule has 0 spiro atoms. The zero-order chi connectivity index (χ0) is 19.8. The summed E-state index contributed by atoms with van der Waals surface area (Å²) in [7, 11) is 0. The van der Waals surface area contributed by atoms with E-state index in [1.165, 1.54) is 0 Å². The molecule has 27 heavy (non-hydrogen) atoms. The van der Waals surface area contributed by atoms with Crippen LogP contribution in [-0.2, 0) is 0 Å². The molecule has 5 nitrogen and oxygen atoms in total. The average molecular weight is 387 g/mol. The van der Waals surface area contributed by atoms with Gasteiger partial charge in [-0.3, -0.25) is 10.1 Å². The molecule has 0 bridgehead atoms. The van der Waals surface area contributed by atoms with Crippen LogP contribution in [0.5, 0.6) is 11.5 Å². The number of para-hydroxylation sites is 3. The van der Waals surface area contributed by atoms with Gasteiger partial charge in [-0.25, -0.2) is 0 Å². The molecular weight excluding hydrogens is 360 g/mol. The number of hydrogen-bond donors (Lipinski definition) is 2. The van der Waals surface area contributed by atoms with Gasteiger partial charge in [0.1, 0.15) is 11.5 Å². The van der Waals surface area contributed by atoms with E-state index in [-0.39, 0.29) is 17.1 Å². The van der Waals surface area contributed by atoms with Crippen LogP contribution >= 0.6 is 12.2 Å². The Labute approximate surface area is 166 Å². The van der Waals surface area contributed by atoms with Crippen LogP contribution in [0.25, 0.3) is 0 Å². The number of carbonyl (C=O) groups excluding carboxylic acids is 1. The molecule has 2 N–H and O–H groups in total. The van der Waals surface area contributed by atoms with Crippen LogP contribution in [0, 0.1) is 5.92 Å². The van der Waals surface area contributed by atoms with Crippen molar-refractivity contribution in [2.45, 2.75) is 33.8 Å². The van der Waals surface area contributed by atoms with E-state index in [1.54, 1.807) is 18.2 Å². The molecule has 0 saturated heterocycles. The molecule has 0 aliphatic carbocycles. The third-order valence-corrected chi connectivity index (χ3v) is 3.63. The average Bonchev–Trinajstić information content (AvgIpc) is 2.61. The van der Waals surface area contributed by atoms with E-state index in [9.17, 15) is 4.79 Å². The van der Waals surface area contributed by atoms with E-state index < -0.39 is 0 Å². The maximum Gasteiger partial charge on any atom is 0.261 e. The number of anilines is 1. The van der Waals surface area contributed by atoms with Crippen LogP contribution < -0.4 is 20.1 Å². The molecule has 0 fully saturated rings. The first kappa shape index (κ1) is 20.7. The fraction of sp³-hybridized carbons (Fsp3) is 0.333. The Kier molecular flexibility index (Phi) is 7.61. The largest absolute Gasteiger partial charge is 0.492 e. The van der Waals surface area contributed by atoms with Gasteiger partial charge in [0, 0.05) is 0 Å². The number of amides is 1. The molecule has 6 heteroatoms. The van der Waals surface area contributed by atoms with Crippen LogP contribution in [-0.4, -0.2) is 23.7 Å². The van der Waals surface area contributed by atoms with Crippen molar-refractivity contribution >= 4 is 28.9 Å². The summed E-state index contributed by atoms with van der Waals surface area (Å²) in [5.41, 5.74) is 1.13. The summed E-state index contributed by atoms with van der Waals surface area (Å²) < 4.78 is 11.5. The fourth-order valence-corrected chi connectivity index (χ4v) is 2.49. The molecule has 2 rings (SSSR count). The minimum Gasteiger partial charge on any atom is -0.492 e. The number of benzene rings is 2. The lowest BCUT2D eigenvalue weighted by Crippen LogP contribution is -2.34. The second-order valence-electron chi connectivity index (χ2n) is 6.77. The first-order chi connectivity index (χ1) is 12.9. The van der Waals surface area contributed by atoms with Gasteiger partial charge in [-0.15, -0.1) is 0 Å². The van der Waals surface area contributed by atoms with Crippen molar-refractivity contribution in [1.29, 1.82) is 0 Å². The van der Waals surface area contributed by atoms with Crippen LogP contribution in [0.4, 0.5) is 5.69 Å². The van der Waals surface area contributed by atoms with Gasteiger partial charge in [0.05, 0.1) is 24.0 Å². The molecule has 0 radical (unpaired) electrons. The monoisotopic (exact) mass is 386 g/mol. The van der Waals surface area contributed by atoms with Gasteiger partial charge in [0.25, 0.3) is 5.91 Å². The summed E-state index contributed by atoms with van der Waals surface area (Å²) in [5, 5.41) is 5.91. The maximum absolute atomic E-state index is 12.6. The van der Waals surface area contributed by atoms with Gasteiger partial charge < -0.3 is 14.8 Å². The Morgan fingerprint density at radius 2 is 1.63 bits per heavy atom. The number of nitrogens with one attached hydrogen (secondary N) is 2. The normalized spacial score (nSPS) is 10.6. The summed E-state index contributed by atoms with van der Waals surface area (Å²) in [6.45, 7) is 8.54. The highest BCUT2D eigenvalue weighted by molar-refractivity contribution is 7.80. The summed E-state index contributed by atoms with van der Waals surface area (Å²) in [5.74, 6) is 1.25. The van der Waals surface area contributed by atoms with E-state index in [0.29, 0.717) is 35.3 Å². The van der Waals surface area contributed by atoms with Crippen molar-refractivity contribution < 1.29 is 14.3 Å². The zero-order valence-corrected chi connectivity index (χ0v) is 16.9. The standard InChI is InChI=1S/C21H26N2O3S/c1-14(2)13-25-18-11-7-5-9-16(18)20(24)23-21(27)22-17-10-6-8-12-19(17)26-15(3)4/h5-12,14-15H,13H2,1-4H3,(H2,22,23,24,27). The van der Waals surface area contributed by atoms with Crippen LogP contribution in [0.2, 0.25) is 0 Å². The summed E-state index contributed by atoms with van der Waals surface area (Å²) >= 11 is 5.30. The van der Waals surface area contributed by atoms with Crippen LogP contribution in [0.1, 0.15) is 38.1 Å². The minimum atomic E-state index is -0.325. The first-order valence-electron chi connectivity index (χ1n) is 8.96. The molecule has 0 aliphatic heterocycles. The Morgan fingerprint density at radius 3 is 2.30 bits per heavy atom. The second-order valence-corrected chi connectivity index (χ2v) is 7.18. The van der Waals surface area contributed by atoms with Crippen molar-refractivity contribution in [3.8, 4) is 11.5 Å². The van der Waals surface area contributed by atoms with Gasteiger partial charge in [-0.05, 0) is 56.2 Å². The smallest absolute Gasteiger partial charge is 0.261 e. The molecule has 0 aromatic heterocycles. The van der Waals surface area contributed by atoms with Crippen LogP contribution in [0.15, 0.2) is 48.5 Å². The van der Waals surface area contributed by atoms with E-state index in [1.807, 2.05) is 44.2 Å². The van der Waals surface area contributed by atoms with Crippen molar-refractivity contribution in [2.24, 2.45) is 5.92 Å². The Morgan fingerprint density at radius 1 is 1.00 bits per heavy atom. The molecule has 144 valence electrons. The zero-order valence-electron chi connectivity index (χ0n) is 16.1. The number of rotatable bonds is 7. The summed E-state index contributed by atoms with van der Waals surface area (Å²) in [4.78, 5) is 12.6. The predicted octanol–water partition coefficient (Wildman–Crippen LogP) is 4.64. The highest BCUT2D eigenvalue weighted by Gasteiger charge is 2.15. The number of ether oxygens (including phenoxy) is 2. The number of carbonyl (C=O) groups is 1. The lowest BCUT2D eigenvalue weighted by molar-refractivity contribution is 0.0973. The number of thiocarbonyl (C=S) groups is 1. The van der Waals surface area contributed by atoms with Crippen LogP contribution in [0.3, 0.4) is 0 Å².